The van der Waals surface area contributed by atoms with Crippen molar-refractivity contribution in [2.75, 3.05) is 7.05 Å². The quantitative estimate of drug-likeness (QED) is 0.917. The van der Waals surface area contributed by atoms with Crippen LogP contribution >= 0.6 is 15.9 Å². The molecule has 4 nitrogen and oxygen atoms in total. The van der Waals surface area contributed by atoms with Crippen molar-refractivity contribution in [3.63, 3.8) is 0 Å². The Kier molecular flexibility index (Phi) is 4.12. The maximum Gasteiger partial charge on any atom is 0.144 e. The average Bonchev–Trinajstić information content (AvgIpc) is 2.73. The molecule has 1 aliphatic rings. The van der Waals surface area contributed by atoms with Crippen molar-refractivity contribution in [2.45, 2.75) is 25.2 Å². The summed E-state index contributed by atoms with van der Waals surface area (Å²) in [6.07, 6.45) is 4.24. The Morgan fingerprint density at radius 3 is 2.73 bits per heavy atom. The molecule has 2 N–H and O–H groups in total. The average molecular weight is 359 g/mol. The fraction of sp³-hybridized carbons (Fsp3) is 0.294. The van der Waals surface area contributed by atoms with E-state index in [9.17, 15) is 0 Å². The second kappa shape index (κ2) is 5.91. The van der Waals surface area contributed by atoms with E-state index in [1.54, 1.807) is 6.20 Å². The standard InChI is InChI=1S/C17H19BrN4/c1-12-16(19)22(2)17(21-12,10-13-5-4-8-20-11-13)14-6-3-7-15(18)9-14/h3-9,11,16H,10,19H2,1-2H3. The Hall–Kier alpha value is -1.56. The van der Waals surface area contributed by atoms with Gasteiger partial charge in [0.25, 0.3) is 0 Å². The van der Waals surface area contributed by atoms with E-state index in [4.69, 9.17) is 10.7 Å². The lowest BCUT2D eigenvalue weighted by Crippen LogP contribution is -2.49. The van der Waals surface area contributed by atoms with Gasteiger partial charge in [0.1, 0.15) is 5.66 Å². The Morgan fingerprint density at radius 2 is 2.14 bits per heavy atom. The molecular weight excluding hydrogens is 340 g/mol. The third-order valence-electron chi connectivity index (χ3n) is 4.25. The predicted molar refractivity (Wildman–Crippen MR) is 92.6 cm³/mol. The highest BCUT2D eigenvalue weighted by Gasteiger charge is 2.44. The Bertz CT molecular complexity index is 701. The summed E-state index contributed by atoms with van der Waals surface area (Å²) in [4.78, 5) is 11.3. The number of nitrogens with zero attached hydrogens (tertiary/aromatic N) is 3. The number of halogens is 1. The van der Waals surface area contributed by atoms with Gasteiger partial charge in [0, 0.05) is 29.0 Å². The van der Waals surface area contributed by atoms with Crippen LogP contribution in [0.1, 0.15) is 18.1 Å². The van der Waals surface area contributed by atoms with Gasteiger partial charge in [-0.15, -0.1) is 0 Å². The highest BCUT2D eigenvalue weighted by molar-refractivity contribution is 9.10. The van der Waals surface area contributed by atoms with Crippen molar-refractivity contribution < 1.29 is 0 Å². The van der Waals surface area contributed by atoms with Crippen molar-refractivity contribution in [3.05, 3.63) is 64.4 Å². The highest BCUT2D eigenvalue weighted by Crippen LogP contribution is 2.39. The first kappa shape index (κ1) is 15.3. The van der Waals surface area contributed by atoms with Gasteiger partial charge < -0.3 is 5.73 Å². The molecule has 5 heteroatoms. The SMILES string of the molecule is CC1=NC(Cc2cccnc2)(c2cccc(Br)c2)N(C)C1N. The van der Waals surface area contributed by atoms with Gasteiger partial charge in [-0.2, -0.15) is 0 Å². The van der Waals surface area contributed by atoms with Crippen LogP contribution in [0.15, 0.2) is 58.3 Å². The lowest BCUT2D eigenvalue weighted by Gasteiger charge is -2.36. The van der Waals surface area contributed by atoms with E-state index in [1.165, 1.54) is 0 Å². The van der Waals surface area contributed by atoms with E-state index in [1.807, 2.05) is 38.4 Å². The molecule has 2 heterocycles. The highest BCUT2D eigenvalue weighted by atomic mass is 79.9. The van der Waals surface area contributed by atoms with Crippen LogP contribution in [0.2, 0.25) is 0 Å². The van der Waals surface area contributed by atoms with Crippen LogP contribution in [0.4, 0.5) is 0 Å². The fourth-order valence-corrected chi connectivity index (χ4v) is 3.41. The fourth-order valence-electron chi connectivity index (χ4n) is 3.01. The minimum Gasteiger partial charge on any atom is -0.311 e. The van der Waals surface area contributed by atoms with Crippen molar-refractivity contribution >= 4 is 21.6 Å². The zero-order valence-electron chi connectivity index (χ0n) is 12.7. The summed E-state index contributed by atoms with van der Waals surface area (Å²) in [6.45, 7) is 1.99. The van der Waals surface area contributed by atoms with Crippen LogP contribution in [0.5, 0.6) is 0 Å². The minimum atomic E-state index is -0.490. The number of benzene rings is 1. The van der Waals surface area contributed by atoms with Crippen LogP contribution < -0.4 is 5.73 Å². The van der Waals surface area contributed by atoms with Gasteiger partial charge in [-0.05, 0) is 43.3 Å². The molecule has 2 atom stereocenters. The van der Waals surface area contributed by atoms with Crippen LogP contribution in [-0.2, 0) is 12.1 Å². The summed E-state index contributed by atoms with van der Waals surface area (Å²) < 4.78 is 1.04. The normalized spacial score (nSPS) is 25.3. The molecule has 1 aromatic carbocycles. The summed E-state index contributed by atoms with van der Waals surface area (Å²) in [5, 5.41) is 0. The third-order valence-corrected chi connectivity index (χ3v) is 4.74. The number of rotatable bonds is 3. The predicted octanol–water partition coefficient (Wildman–Crippen LogP) is 2.93. The van der Waals surface area contributed by atoms with Crippen molar-refractivity contribution in [2.24, 2.45) is 10.7 Å². The molecule has 3 rings (SSSR count). The molecule has 22 heavy (non-hydrogen) atoms. The lowest BCUT2D eigenvalue weighted by molar-refractivity contribution is 0.129. The maximum absolute atomic E-state index is 6.29. The monoisotopic (exact) mass is 358 g/mol. The van der Waals surface area contributed by atoms with Crippen LogP contribution in [0.25, 0.3) is 0 Å². The number of hydrogen-bond acceptors (Lipinski definition) is 4. The molecule has 1 aromatic heterocycles. The van der Waals surface area contributed by atoms with Crippen molar-refractivity contribution in [1.29, 1.82) is 0 Å². The molecule has 114 valence electrons. The maximum atomic E-state index is 6.29. The van der Waals surface area contributed by atoms with Gasteiger partial charge in [-0.1, -0.05) is 34.1 Å². The van der Waals surface area contributed by atoms with E-state index in [2.05, 4.69) is 44.0 Å². The lowest BCUT2D eigenvalue weighted by atomic mass is 9.92. The van der Waals surface area contributed by atoms with Crippen LogP contribution in [0, 0.1) is 0 Å². The minimum absolute atomic E-state index is 0.171. The largest absolute Gasteiger partial charge is 0.311 e. The number of aromatic nitrogens is 1. The molecule has 0 radical (unpaired) electrons. The molecule has 1 aliphatic heterocycles. The van der Waals surface area contributed by atoms with Crippen LogP contribution in [0.3, 0.4) is 0 Å². The smallest absolute Gasteiger partial charge is 0.144 e. The Labute approximate surface area is 139 Å². The van der Waals surface area contributed by atoms with E-state index in [0.29, 0.717) is 0 Å². The Balaban J connectivity index is 2.11. The summed E-state index contributed by atoms with van der Waals surface area (Å²) in [5.74, 6) is 0. The van der Waals surface area contributed by atoms with Gasteiger partial charge in [0.05, 0.1) is 6.17 Å². The van der Waals surface area contributed by atoms with Crippen molar-refractivity contribution in [1.82, 2.24) is 9.88 Å². The zero-order valence-corrected chi connectivity index (χ0v) is 14.3. The summed E-state index contributed by atoms with van der Waals surface area (Å²) in [6, 6.07) is 12.3. The van der Waals surface area contributed by atoms with Gasteiger partial charge in [-0.25, -0.2) is 0 Å². The summed E-state index contributed by atoms with van der Waals surface area (Å²) in [5.41, 5.74) is 9.02. The van der Waals surface area contributed by atoms with E-state index >= 15 is 0 Å². The number of hydrogen-bond donors (Lipinski definition) is 1. The first-order valence-electron chi connectivity index (χ1n) is 7.23. The van der Waals surface area contributed by atoms with Gasteiger partial charge >= 0.3 is 0 Å². The molecule has 2 aromatic rings. The van der Waals surface area contributed by atoms with Gasteiger partial charge in [0.2, 0.25) is 0 Å². The first-order valence-corrected chi connectivity index (χ1v) is 8.02. The molecule has 2 unspecified atom stereocenters. The number of pyridine rings is 1. The molecule has 0 fully saturated rings. The van der Waals surface area contributed by atoms with E-state index < -0.39 is 5.66 Å². The zero-order chi connectivity index (χ0) is 15.7. The number of aliphatic imine (C=N–C) groups is 1. The Morgan fingerprint density at radius 1 is 1.32 bits per heavy atom. The van der Waals surface area contributed by atoms with Crippen LogP contribution in [-0.4, -0.2) is 28.8 Å². The molecule has 0 spiro atoms. The van der Waals surface area contributed by atoms with E-state index in [-0.39, 0.29) is 6.17 Å². The number of likely N-dealkylation sites (N-methyl/N-ethyl adjacent to an activating group) is 1. The molecule has 0 saturated heterocycles. The molecule has 0 saturated carbocycles. The molecule has 0 aliphatic carbocycles. The topological polar surface area (TPSA) is 54.5 Å². The molecular formula is C17H19BrN4. The summed E-state index contributed by atoms with van der Waals surface area (Å²) in [7, 11) is 2.03. The second-order valence-electron chi connectivity index (χ2n) is 5.67. The third kappa shape index (κ3) is 2.60. The van der Waals surface area contributed by atoms with Gasteiger partial charge in [0.15, 0.2) is 0 Å². The molecule has 0 amide bonds. The summed E-state index contributed by atoms with van der Waals surface area (Å²) >= 11 is 3.56. The number of nitrogens with two attached hydrogens (primary N) is 1. The second-order valence-corrected chi connectivity index (χ2v) is 6.59. The van der Waals surface area contributed by atoms with E-state index in [0.717, 1.165) is 27.7 Å². The van der Waals surface area contributed by atoms with Crippen molar-refractivity contribution in [3.8, 4) is 0 Å². The van der Waals surface area contributed by atoms with Gasteiger partial charge in [-0.3, -0.25) is 14.9 Å². The molecule has 0 bridgehead atoms. The first-order chi connectivity index (χ1) is 10.5.